The Kier molecular flexibility index (Phi) is 6.80. The number of nitrogens with zero attached hydrogens (tertiary/aromatic N) is 2. The van der Waals surface area contributed by atoms with Crippen molar-refractivity contribution in [1.82, 2.24) is 9.29 Å². The molecule has 3 rings (SSSR count). The van der Waals surface area contributed by atoms with Gasteiger partial charge >= 0.3 is 6.18 Å². The summed E-state index contributed by atoms with van der Waals surface area (Å²) >= 11 is 0. The lowest BCUT2D eigenvalue weighted by molar-refractivity contribution is -0.141. The number of sulfonamides is 1. The van der Waals surface area contributed by atoms with Gasteiger partial charge < -0.3 is 4.74 Å². The lowest BCUT2D eigenvalue weighted by Gasteiger charge is -2.34. The van der Waals surface area contributed by atoms with Gasteiger partial charge in [0, 0.05) is 35.9 Å². The highest BCUT2D eigenvalue weighted by molar-refractivity contribution is 7.89. The first-order valence-electron chi connectivity index (χ1n) is 10.3. The molecule has 11 heteroatoms. The predicted octanol–water partition coefficient (Wildman–Crippen LogP) is 3.14. The average Bonchev–Trinajstić information content (AvgIpc) is 3.16. The number of hydrogen-bond donors (Lipinski definition) is 0. The second-order valence-electron chi connectivity index (χ2n) is 7.95. The molecule has 32 heavy (non-hydrogen) atoms. The molecule has 1 saturated carbocycles. The Morgan fingerprint density at radius 3 is 2.47 bits per heavy atom. The molecule has 2 atom stereocenters. The Bertz CT molecular complexity index is 1070. The molecular formula is C21H25F3N2O5S. The number of carbonyl (C=O) groups excluding carboxylic acids is 2. The van der Waals surface area contributed by atoms with E-state index in [2.05, 4.69) is 4.98 Å². The van der Waals surface area contributed by atoms with Crippen molar-refractivity contribution in [3.05, 3.63) is 40.4 Å². The van der Waals surface area contributed by atoms with E-state index in [0.717, 1.165) is 10.4 Å². The van der Waals surface area contributed by atoms with Gasteiger partial charge in [-0.2, -0.15) is 13.2 Å². The van der Waals surface area contributed by atoms with Crippen LogP contribution in [0.4, 0.5) is 13.2 Å². The molecule has 2 aliphatic rings. The third-order valence-electron chi connectivity index (χ3n) is 6.01. The number of methoxy groups -OCH3 is 1. The molecule has 7 nitrogen and oxygen atoms in total. The molecule has 0 radical (unpaired) electrons. The van der Waals surface area contributed by atoms with E-state index < -0.39 is 39.4 Å². The summed E-state index contributed by atoms with van der Waals surface area (Å²) < 4.78 is 70.9. The number of rotatable bonds is 8. The minimum atomic E-state index is -4.68. The van der Waals surface area contributed by atoms with Crippen LogP contribution in [-0.4, -0.2) is 55.3 Å². The fourth-order valence-corrected chi connectivity index (χ4v) is 5.60. The molecule has 1 heterocycles. The number of pyridine rings is 1. The maximum Gasteiger partial charge on any atom is 0.433 e. The number of hydrogen-bond acceptors (Lipinski definition) is 6. The number of allylic oxidation sites excluding steroid dienone is 2. The van der Waals surface area contributed by atoms with Crippen molar-refractivity contribution < 1.29 is 35.9 Å². The fourth-order valence-electron chi connectivity index (χ4n) is 4.39. The molecule has 2 bridgehead atoms. The molecule has 1 aromatic rings. The van der Waals surface area contributed by atoms with Crippen molar-refractivity contribution in [1.29, 1.82) is 0 Å². The van der Waals surface area contributed by atoms with E-state index in [1.165, 1.54) is 21.0 Å². The topological polar surface area (TPSA) is 93.6 Å². The van der Waals surface area contributed by atoms with Crippen molar-refractivity contribution in [3.63, 3.8) is 0 Å². The molecule has 0 amide bonds. The number of Topliss-reactive ketones (excluding diaryl/α,β-unsaturated/α-hetero) is 2. The summed E-state index contributed by atoms with van der Waals surface area (Å²) in [6, 6.07) is 1.68. The Hall–Kier alpha value is -2.27. The Labute approximate surface area is 184 Å². The number of ketones is 2. The molecule has 2 aliphatic carbocycles. The number of ether oxygens (including phenoxy) is 1. The van der Waals surface area contributed by atoms with E-state index in [1.807, 2.05) is 0 Å². The van der Waals surface area contributed by atoms with Crippen LogP contribution in [0.25, 0.3) is 0 Å². The van der Waals surface area contributed by atoms with Gasteiger partial charge in [-0.25, -0.2) is 13.4 Å². The van der Waals surface area contributed by atoms with Gasteiger partial charge in [-0.15, -0.1) is 0 Å². The second-order valence-corrected chi connectivity index (χ2v) is 10.1. The van der Waals surface area contributed by atoms with Gasteiger partial charge in [0.1, 0.15) is 5.69 Å². The highest BCUT2D eigenvalue weighted by atomic mass is 32.2. The molecule has 0 unspecified atom stereocenters. The number of carbonyl (C=O) groups is 2. The van der Waals surface area contributed by atoms with Crippen LogP contribution < -0.4 is 0 Å². The van der Waals surface area contributed by atoms with Gasteiger partial charge in [0.05, 0.1) is 24.5 Å². The molecule has 1 fully saturated rings. The molecule has 0 N–H and O–H groups in total. The van der Waals surface area contributed by atoms with Gasteiger partial charge in [-0.1, -0.05) is 0 Å². The normalized spacial score (nSPS) is 21.2. The van der Waals surface area contributed by atoms with Crippen LogP contribution in [0.2, 0.25) is 0 Å². The van der Waals surface area contributed by atoms with E-state index in [0.29, 0.717) is 25.3 Å². The van der Waals surface area contributed by atoms with Crippen LogP contribution in [0.1, 0.15) is 47.9 Å². The number of aryl methyl sites for hydroxylation is 1. The van der Waals surface area contributed by atoms with Crippen LogP contribution >= 0.6 is 0 Å². The van der Waals surface area contributed by atoms with Gasteiger partial charge in [0.2, 0.25) is 10.0 Å². The first kappa shape index (κ1) is 24.4. The lowest BCUT2D eigenvalue weighted by Crippen LogP contribution is -2.41. The summed E-state index contributed by atoms with van der Waals surface area (Å²) in [5.41, 5.74) is -1.61. The lowest BCUT2D eigenvalue weighted by atomic mass is 9.82. The van der Waals surface area contributed by atoms with Crippen molar-refractivity contribution >= 4 is 21.6 Å². The fraction of sp³-hybridized carbons (Fsp3) is 0.571. The smallest absolute Gasteiger partial charge is 0.383 e. The third-order valence-corrected chi connectivity index (χ3v) is 7.79. The minimum Gasteiger partial charge on any atom is -0.383 e. The summed E-state index contributed by atoms with van der Waals surface area (Å²) in [5, 5.41) is 0. The summed E-state index contributed by atoms with van der Waals surface area (Å²) in [6.07, 6.45) is -3.16. The van der Waals surface area contributed by atoms with Gasteiger partial charge in [0.25, 0.3) is 0 Å². The van der Waals surface area contributed by atoms with Crippen molar-refractivity contribution in [2.45, 2.75) is 39.3 Å². The summed E-state index contributed by atoms with van der Waals surface area (Å²) in [4.78, 5) is 30.2. The molecule has 0 spiro atoms. The van der Waals surface area contributed by atoms with E-state index in [1.54, 1.807) is 0 Å². The van der Waals surface area contributed by atoms with Crippen molar-refractivity contribution in [2.24, 2.45) is 11.8 Å². The van der Waals surface area contributed by atoms with Crippen LogP contribution in [0, 0.1) is 18.8 Å². The Morgan fingerprint density at radius 1 is 1.25 bits per heavy atom. The zero-order valence-corrected chi connectivity index (χ0v) is 18.8. The quantitative estimate of drug-likeness (QED) is 0.425. The van der Waals surface area contributed by atoms with E-state index in [9.17, 15) is 31.2 Å². The van der Waals surface area contributed by atoms with Gasteiger partial charge in [0.15, 0.2) is 11.6 Å². The highest BCUT2D eigenvalue weighted by Gasteiger charge is 2.47. The maximum atomic E-state index is 13.5. The standard InChI is InChI=1S/C21H25F3N2O5S/c1-4-32(29,30)26(9-10-31-3)18-13-5-6-14(11-13)19(27)17(18)20(28)15-7-8-16(21(22,23)24)25-12(15)2/h7-8,13-14H,4-6,9-11H2,1-3H3/t13-,14+/m1/s1. The third kappa shape index (κ3) is 4.45. The number of halogens is 3. The van der Waals surface area contributed by atoms with Crippen LogP contribution in [0.3, 0.4) is 0 Å². The van der Waals surface area contributed by atoms with Crippen LogP contribution in [0.5, 0.6) is 0 Å². The number of fused-ring (bicyclic) bond motifs is 2. The molecule has 0 saturated heterocycles. The van der Waals surface area contributed by atoms with Crippen molar-refractivity contribution in [2.75, 3.05) is 26.0 Å². The molecular weight excluding hydrogens is 449 g/mol. The number of aromatic nitrogens is 1. The van der Waals surface area contributed by atoms with Crippen LogP contribution in [-0.2, 0) is 25.7 Å². The SMILES string of the molecule is CCS(=O)(=O)N(CCOC)C1=C(C(=O)c2ccc(C(F)(F)F)nc2C)C(=O)[C@H]2CC[C@@H]1C2. The van der Waals surface area contributed by atoms with Crippen LogP contribution in [0.15, 0.2) is 23.4 Å². The first-order valence-corrected chi connectivity index (χ1v) is 11.9. The summed E-state index contributed by atoms with van der Waals surface area (Å²) in [5.74, 6) is -2.22. The minimum absolute atomic E-state index is 0.0510. The Balaban J connectivity index is 2.18. The molecule has 0 aliphatic heterocycles. The summed E-state index contributed by atoms with van der Waals surface area (Å²) in [7, 11) is -2.43. The maximum absolute atomic E-state index is 13.5. The molecule has 0 aromatic carbocycles. The van der Waals surface area contributed by atoms with E-state index >= 15 is 0 Å². The first-order chi connectivity index (χ1) is 14.9. The largest absolute Gasteiger partial charge is 0.433 e. The molecule has 1 aromatic heterocycles. The zero-order chi connectivity index (χ0) is 23.8. The van der Waals surface area contributed by atoms with Gasteiger partial charge in [-0.05, 0) is 45.2 Å². The number of alkyl halides is 3. The second kappa shape index (κ2) is 8.93. The molecule has 176 valence electrons. The van der Waals surface area contributed by atoms with Crippen molar-refractivity contribution in [3.8, 4) is 0 Å². The van der Waals surface area contributed by atoms with E-state index in [4.69, 9.17) is 4.74 Å². The average molecular weight is 475 g/mol. The predicted molar refractivity (Wildman–Crippen MR) is 109 cm³/mol. The Morgan fingerprint density at radius 2 is 1.91 bits per heavy atom. The zero-order valence-electron chi connectivity index (χ0n) is 18.0. The monoisotopic (exact) mass is 474 g/mol. The van der Waals surface area contributed by atoms with Gasteiger partial charge in [-0.3, -0.25) is 13.9 Å². The summed E-state index contributed by atoms with van der Waals surface area (Å²) in [6.45, 7) is 2.70. The van der Waals surface area contributed by atoms with E-state index in [-0.39, 0.29) is 47.3 Å². The highest BCUT2D eigenvalue weighted by Crippen LogP contribution is 2.46.